The molecule has 1 aliphatic heterocycles. The van der Waals surface area contributed by atoms with Gasteiger partial charge >= 0.3 is 0 Å². The largest absolute Gasteiger partial charge is 0.389 e. The number of aliphatic hydroxyl groups is 1. The van der Waals surface area contributed by atoms with Crippen molar-refractivity contribution in [3.8, 4) is 0 Å². The van der Waals surface area contributed by atoms with Crippen LogP contribution in [-0.2, 0) is 11.2 Å². The number of carbonyl (C=O) groups is 2. The van der Waals surface area contributed by atoms with E-state index < -0.39 is 5.60 Å². The van der Waals surface area contributed by atoms with E-state index in [1.165, 1.54) is 0 Å². The lowest BCUT2D eigenvalue weighted by Crippen LogP contribution is -2.34. The summed E-state index contributed by atoms with van der Waals surface area (Å²) in [7, 11) is 1.78. The van der Waals surface area contributed by atoms with Gasteiger partial charge in [0.2, 0.25) is 5.91 Å². The van der Waals surface area contributed by atoms with Gasteiger partial charge in [0, 0.05) is 24.8 Å². The second kappa shape index (κ2) is 5.72. The summed E-state index contributed by atoms with van der Waals surface area (Å²) in [4.78, 5) is 26.0. The Morgan fingerprint density at radius 1 is 1.36 bits per heavy atom. The van der Waals surface area contributed by atoms with Crippen LogP contribution in [0.25, 0.3) is 0 Å². The maximum absolute atomic E-state index is 12.2. The van der Waals surface area contributed by atoms with Crippen molar-refractivity contribution in [3.05, 3.63) is 29.3 Å². The first-order chi connectivity index (χ1) is 10.5. The first kappa shape index (κ1) is 15.0. The highest BCUT2D eigenvalue weighted by Crippen LogP contribution is 2.32. The monoisotopic (exact) mass is 302 g/mol. The summed E-state index contributed by atoms with van der Waals surface area (Å²) in [6.07, 6.45) is 4.29. The molecule has 2 N–H and O–H groups in total. The molecule has 1 saturated carbocycles. The number of hydrogen-bond acceptors (Lipinski definition) is 3. The highest BCUT2D eigenvalue weighted by Gasteiger charge is 2.33. The van der Waals surface area contributed by atoms with Crippen molar-refractivity contribution in [3.63, 3.8) is 0 Å². The van der Waals surface area contributed by atoms with Crippen LogP contribution in [0.4, 0.5) is 5.69 Å². The van der Waals surface area contributed by atoms with E-state index in [1.54, 1.807) is 18.0 Å². The number of rotatable bonds is 3. The Hall–Kier alpha value is -1.88. The third kappa shape index (κ3) is 2.99. The van der Waals surface area contributed by atoms with Gasteiger partial charge in [0.15, 0.2) is 0 Å². The minimum Gasteiger partial charge on any atom is -0.389 e. The minimum atomic E-state index is -0.853. The van der Waals surface area contributed by atoms with Gasteiger partial charge in [-0.1, -0.05) is 18.9 Å². The van der Waals surface area contributed by atoms with Gasteiger partial charge in [0.1, 0.15) is 0 Å². The summed E-state index contributed by atoms with van der Waals surface area (Å²) < 4.78 is 0. The lowest BCUT2D eigenvalue weighted by molar-refractivity contribution is -0.120. The van der Waals surface area contributed by atoms with E-state index in [9.17, 15) is 14.7 Å². The molecule has 0 unspecified atom stereocenters. The Labute approximate surface area is 130 Å². The molecular weight excluding hydrogens is 280 g/mol. The van der Waals surface area contributed by atoms with E-state index in [0.717, 1.165) is 31.4 Å². The van der Waals surface area contributed by atoms with Crippen LogP contribution in [0.5, 0.6) is 0 Å². The van der Waals surface area contributed by atoms with Crippen molar-refractivity contribution in [2.24, 2.45) is 0 Å². The second-order valence-electron chi connectivity index (χ2n) is 6.51. The predicted molar refractivity (Wildman–Crippen MR) is 83.8 cm³/mol. The number of carbonyl (C=O) groups excluding carboxylic acids is 2. The topological polar surface area (TPSA) is 69.6 Å². The Morgan fingerprint density at radius 2 is 2.09 bits per heavy atom. The minimum absolute atomic E-state index is 0.00762. The van der Waals surface area contributed by atoms with Crippen LogP contribution in [-0.4, -0.2) is 41.0 Å². The van der Waals surface area contributed by atoms with Gasteiger partial charge in [-0.05, 0) is 37.0 Å². The summed E-state index contributed by atoms with van der Waals surface area (Å²) in [6.45, 7) is 0.727. The van der Waals surface area contributed by atoms with Crippen LogP contribution in [0.15, 0.2) is 18.2 Å². The molecule has 0 saturated heterocycles. The van der Waals surface area contributed by atoms with Crippen LogP contribution in [0, 0.1) is 0 Å². The first-order valence-corrected chi connectivity index (χ1v) is 7.87. The van der Waals surface area contributed by atoms with E-state index in [-0.39, 0.29) is 18.2 Å². The molecule has 22 heavy (non-hydrogen) atoms. The Kier molecular flexibility index (Phi) is 3.91. The van der Waals surface area contributed by atoms with Gasteiger partial charge in [-0.15, -0.1) is 0 Å². The Morgan fingerprint density at radius 3 is 2.82 bits per heavy atom. The Balaban J connectivity index is 1.70. The van der Waals surface area contributed by atoms with Gasteiger partial charge in [0.25, 0.3) is 5.91 Å². The van der Waals surface area contributed by atoms with Gasteiger partial charge in [-0.2, -0.15) is 0 Å². The van der Waals surface area contributed by atoms with Crippen molar-refractivity contribution in [1.82, 2.24) is 4.90 Å². The molecule has 1 aliphatic carbocycles. The van der Waals surface area contributed by atoms with Crippen LogP contribution < -0.4 is 5.32 Å². The van der Waals surface area contributed by atoms with Crippen LogP contribution in [0.2, 0.25) is 0 Å². The number of amides is 2. The molecule has 5 nitrogen and oxygen atoms in total. The van der Waals surface area contributed by atoms with Crippen molar-refractivity contribution >= 4 is 17.5 Å². The first-order valence-electron chi connectivity index (χ1n) is 7.87. The molecule has 0 radical (unpaired) electrons. The van der Waals surface area contributed by atoms with E-state index in [0.29, 0.717) is 24.1 Å². The summed E-state index contributed by atoms with van der Waals surface area (Å²) in [6, 6.07) is 5.47. The van der Waals surface area contributed by atoms with Crippen LogP contribution >= 0.6 is 0 Å². The average Bonchev–Trinajstić information content (AvgIpc) is 2.89. The zero-order chi connectivity index (χ0) is 15.7. The van der Waals surface area contributed by atoms with Gasteiger partial charge in [0.05, 0.1) is 12.0 Å². The molecule has 0 atom stereocenters. The number of hydrogen-bond donors (Lipinski definition) is 2. The van der Waals surface area contributed by atoms with Crippen molar-refractivity contribution in [1.29, 1.82) is 0 Å². The second-order valence-corrected chi connectivity index (χ2v) is 6.51. The number of benzene rings is 1. The number of fused-ring (bicyclic) bond motifs is 1. The Bertz CT molecular complexity index is 606. The molecule has 1 fully saturated rings. The molecule has 0 bridgehead atoms. The summed E-state index contributed by atoms with van der Waals surface area (Å²) in [5.74, 6) is -0.201. The molecule has 118 valence electrons. The molecule has 3 rings (SSSR count). The fourth-order valence-corrected chi connectivity index (χ4v) is 3.38. The highest BCUT2D eigenvalue weighted by molar-refractivity contribution is 5.99. The average molecular weight is 302 g/mol. The number of anilines is 1. The smallest absolute Gasteiger partial charge is 0.253 e. The zero-order valence-corrected chi connectivity index (χ0v) is 12.9. The summed E-state index contributed by atoms with van der Waals surface area (Å²) in [5.41, 5.74) is 1.45. The van der Waals surface area contributed by atoms with E-state index >= 15 is 0 Å². The normalized spacial score (nSPS) is 19.9. The van der Waals surface area contributed by atoms with E-state index in [2.05, 4.69) is 5.32 Å². The van der Waals surface area contributed by atoms with Crippen LogP contribution in [0.3, 0.4) is 0 Å². The lowest BCUT2D eigenvalue weighted by atomic mass is 9.97. The number of nitrogens with zero attached hydrogens (tertiary/aromatic N) is 1. The highest BCUT2D eigenvalue weighted by atomic mass is 16.3. The fourth-order valence-electron chi connectivity index (χ4n) is 3.38. The third-order valence-corrected chi connectivity index (χ3v) is 4.71. The molecular formula is C17H22N2O3. The van der Waals surface area contributed by atoms with Crippen molar-refractivity contribution in [2.45, 2.75) is 44.1 Å². The zero-order valence-electron chi connectivity index (χ0n) is 12.9. The van der Waals surface area contributed by atoms with E-state index in [4.69, 9.17) is 0 Å². The fraction of sp³-hybridized carbons (Fsp3) is 0.529. The molecule has 5 heteroatoms. The molecule has 2 aliphatic rings. The van der Waals surface area contributed by atoms with Gasteiger partial charge in [-0.25, -0.2) is 0 Å². The SMILES string of the molecule is CN1CCc2ccc(NC(=O)CC3(O)CCCC3)cc2C1=O. The maximum Gasteiger partial charge on any atom is 0.253 e. The molecule has 2 amide bonds. The van der Waals surface area contributed by atoms with Gasteiger partial charge in [-0.3, -0.25) is 9.59 Å². The number of likely N-dealkylation sites (N-methyl/N-ethyl adjacent to an activating group) is 1. The molecule has 1 aromatic carbocycles. The molecule has 1 aromatic rings. The van der Waals surface area contributed by atoms with Gasteiger partial charge < -0.3 is 15.3 Å². The molecule has 1 heterocycles. The third-order valence-electron chi connectivity index (χ3n) is 4.71. The van der Waals surface area contributed by atoms with Crippen LogP contribution in [0.1, 0.15) is 48.0 Å². The summed E-state index contributed by atoms with van der Waals surface area (Å²) in [5, 5.41) is 13.1. The maximum atomic E-state index is 12.2. The quantitative estimate of drug-likeness (QED) is 0.896. The summed E-state index contributed by atoms with van der Waals surface area (Å²) >= 11 is 0. The lowest BCUT2D eigenvalue weighted by Gasteiger charge is -2.25. The standard InChI is InChI=1S/C17H22N2O3/c1-19-9-6-12-4-5-13(10-14(12)16(19)21)18-15(20)11-17(22)7-2-3-8-17/h4-5,10,22H,2-3,6-9,11H2,1H3,(H,18,20). The molecule has 0 spiro atoms. The van der Waals surface area contributed by atoms with Crippen molar-refractivity contribution in [2.75, 3.05) is 18.9 Å². The van der Waals surface area contributed by atoms with Crippen molar-refractivity contribution < 1.29 is 14.7 Å². The number of nitrogens with one attached hydrogen (secondary N) is 1. The predicted octanol–water partition coefficient (Wildman–Crippen LogP) is 1.95. The van der Waals surface area contributed by atoms with E-state index in [1.807, 2.05) is 12.1 Å². The molecule has 0 aromatic heterocycles.